The molecule has 3 rings (SSSR count). The average Bonchev–Trinajstić information content (AvgIpc) is 3.12. The van der Waals surface area contributed by atoms with E-state index in [1.165, 1.54) is 0 Å². The molecule has 0 amide bonds. The number of ether oxygens (including phenoxy) is 2. The molecule has 0 aliphatic rings. The van der Waals surface area contributed by atoms with Crippen LogP contribution in [0.2, 0.25) is 0 Å². The summed E-state index contributed by atoms with van der Waals surface area (Å²) in [6.07, 6.45) is 0. The summed E-state index contributed by atoms with van der Waals surface area (Å²) in [4.78, 5) is 6.92. The van der Waals surface area contributed by atoms with Crippen LogP contribution in [0.4, 0.5) is 0 Å². The standard InChI is InChI=1S/C23H30N6O2.HI/c1-17-26-27-22(29(17)3)15-25-23(24-14-18-10-12-20(30-4)13-11-18)28(2)16-19-8-6-7-9-21(19)31-5;/h6-13H,14-16H2,1-5H3,(H,24,25);1H. The number of aryl methyl sites for hydroxylation is 1. The molecule has 1 heterocycles. The molecule has 32 heavy (non-hydrogen) atoms. The molecule has 9 heteroatoms. The Kier molecular flexibility index (Phi) is 9.76. The highest BCUT2D eigenvalue weighted by atomic mass is 127. The lowest BCUT2D eigenvalue weighted by atomic mass is 10.2. The third kappa shape index (κ3) is 6.59. The van der Waals surface area contributed by atoms with E-state index in [1.54, 1.807) is 14.2 Å². The van der Waals surface area contributed by atoms with Gasteiger partial charge in [-0.2, -0.15) is 0 Å². The number of para-hydroxylation sites is 1. The molecule has 8 nitrogen and oxygen atoms in total. The Labute approximate surface area is 206 Å². The van der Waals surface area contributed by atoms with Crippen molar-refractivity contribution in [1.29, 1.82) is 0 Å². The van der Waals surface area contributed by atoms with Gasteiger partial charge in [-0.25, -0.2) is 4.99 Å². The number of methoxy groups -OCH3 is 2. The molecule has 0 aliphatic heterocycles. The summed E-state index contributed by atoms with van der Waals surface area (Å²) in [7, 11) is 7.32. The lowest BCUT2D eigenvalue weighted by molar-refractivity contribution is 0.395. The number of rotatable bonds is 8. The van der Waals surface area contributed by atoms with Gasteiger partial charge in [-0.05, 0) is 30.7 Å². The molecule has 172 valence electrons. The van der Waals surface area contributed by atoms with E-state index in [9.17, 15) is 0 Å². The van der Waals surface area contributed by atoms with Crippen molar-refractivity contribution in [2.24, 2.45) is 12.0 Å². The van der Waals surface area contributed by atoms with Crippen molar-refractivity contribution in [3.8, 4) is 11.5 Å². The van der Waals surface area contributed by atoms with E-state index in [0.29, 0.717) is 19.6 Å². The predicted octanol–water partition coefficient (Wildman–Crippen LogP) is 3.54. The first-order chi connectivity index (χ1) is 15.0. The van der Waals surface area contributed by atoms with Crippen LogP contribution >= 0.6 is 24.0 Å². The first-order valence-corrected chi connectivity index (χ1v) is 10.1. The van der Waals surface area contributed by atoms with Crippen LogP contribution in [0.15, 0.2) is 53.5 Å². The lowest BCUT2D eigenvalue weighted by Crippen LogP contribution is -2.38. The molecule has 1 N–H and O–H groups in total. The number of nitrogens with one attached hydrogen (secondary N) is 1. The number of hydrogen-bond acceptors (Lipinski definition) is 5. The normalized spacial score (nSPS) is 11.0. The van der Waals surface area contributed by atoms with Crippen LogP contribution in [0.25, 0.3) is 0 Å². The second-order valence-corrected chi connectivity index (χ2v) is 7.23. The third-order valence-electron chi connectivity index (χ3n) is 5.12. The minimum atomic E-state index is 0. The van der Waals surface area contributed by atoms with Crippen LogP contribution in [0.5, 0.6) is 11.5 Å². The Hall–Kier alpha value is -2.82. The number of halogens is 1. The fourth-order valence-electron chi connectivity index (χ4n) is 3.14. The highest BCUT2D eigenvalue weighted by molar-refractivity contribution is 14.0. The van der Waals surface area contributed by atoms with Gasteiger partial charge in [0, 0.05) is 26.2 Å². The van der Waals surface area contributed by atoms with Crippen LogP contribution in [-0.2, 0) is 26.7 Å². The Bertz CT molecular complexity index is 1020. The second kappa shape index (κ2) is 12.3. The SMILES string of the molecule is COc1ccc(CN=C(NCc2nnc(C)n2C)N(C)Cc2ccccc2OC)cc1.I. The van der Waals surface area contributed by atoms with E-state index in [0.717, 1.165) is 40.2 Å². The van der Waals surface area contributed by atoms with E-state index in [-0.39, 0.29) is 24.0 Å². The minimum absolute atomic E-state index is 0. The Morgan fingerprint density at radius 2 is 1.78 bits per heavy atom. The van der Waals surface area contributed by atoms with Crippen LogP contribution in [0, 0.1) is 6.92 Å². The van der Waals surface area contributed by atoms with Gasteiger partial charge >= 0.3 is 0 Å². The van der Waals surface area contributed by atoms with Gasteiger partial charge in [-0.3, -0.25) is 0 Å². The number of nitrogens with zero attached hydrogens (tertiary/aromatic N) is 5. The van der Waals surface area contributed by atoms with Crippen LogP contribution in [0.3, 0.4) is 0 Å². The fourth-order valence-corrected chi connectivity index (χ4v) is 3.14. The maximum atomic E-state index is 5.50. The van der Waals surface area contributed by atoms with Crippen LogP contribution < -0.4 is 14.8 Å². The Balaban J connectivity index is 0.00000363. The zero-order valence-electron chi connectivity index (χ0n) is 19.2. The molecule has 1 aromatic heterocycles. The smallest absolute Gasteiger partial charge is 0.194 e. The van der Waals surface area contributed by atoms with Gasteiger partial charge in [0.25, 0.3) is 0 Å². The van der Waals surface area contributed by atoms with Crippen molar-refractivity contribution >= 4 is 29.9 Å². The number of benzene rings is 2. The van der Waals surface area contributed by atoms with E-state index >= 15 is 0 Å². The first kappa shape index (κ1) is 25.4. The molecule has 2 aromatic carbocycles. The number of guanidine groups is 1. The molecule has 0 spiro atoms. The first-order valence-electron chi connectivity index (χ1n) is 10.1. The van der Waals surface area contributed by atoms with Crippen LogP contribution in [0.1, 0.15) is 22.8 Å². The van der Waals surface area contributed by atoms with Gasteiger partial charge < -0.3 is 24.3 Å². The van der Waals surface area contributed by atoms with Gasteiger partial charge in [0.05, 0.1) is 27.3 Å². The molecule has 0 saturated carbocycles. The van der Waals surface area contributed by atoms with Crippen LogP contribution in [-0.4, -0.2) is 46.9 Å². The Morgan fingerprint density at radius 1 is 1.06 bits per heavy atom. The van der Waals surface area contributed by atoms with E-state index < -0.39 is 0 Å². The third-order valence-corrected chi connectivity index (χ3v) is 5.12. The highest BCUT2D eigenvalue weighted by Crippen LogP contribution is 2.19. The molecule has 0 aliphatic carbocycles. The molecule has 0 atom stereocenters. The number of aliphatic imine (C=N–C) groups is 1. The maximum absolute atomic E-state index is 5.50. The highest BCUT2D eigenvalue weighted by Gasteiger charge is 2.12. The summed E-state index contributed by atoms with van der Waals surface area (Å²) in [5.41, 5.74) is 2.18. The molecular formula is C23H31IN6O2. The molecule has 0 saturated heterocycles. The zero-order valence-corrected chi connectivity index (χ0v) is 21.5. The van der Waals surface area contributed by atoms with Gasteiger partial charge in [0.1, 0.15) is 17.3 Å². The van der Waals surface area contributed by atoms with Gasteiger partial charge in [0.2, 0.25) is 0 Å². The number of aromatic nitrogens is 3. The summed E-state index contributed by atoms with van der Waals surface area (Å²) in [5, 5.41) is 11.8. The van der Waals surface area contributed by atoms with Crippen molar-refractivity contribution in [2.75, 3.05) is 21.3 Å². The summed E-state index contributed by atoms with van der Waals surface area (Å²) in [6, 6.07) is 15.9. The van der Waals surface area contributed by atoms with Crippen molar-refractivity contribution in [3.63, 3.8) is 0 Å². The topological polar surface area (TPSA) is 76.8 Å². The van der Waals surface area contributed by atoms with Gasteiger partial charge in [-0.15, -0.1) is 34.2 Å². The largest absolute Gasteiger partial charge is 0.497 e. The summed E-state index contributed by atoms with van der Waals surface area (Å²) in [5.74, 6) is 4.17. The summed E-state index contributed by atoms with van der Waals surface area (Å²) < 4.78 is 12.7. The number of hydrogen-bond donors (Lipinski definition) is 1. The predicted molar refractivity (Wildman–Crippen MR) is 137 cm³/mol. The monoisotopic (exact) mass is 550 g/mol. The molecule has 3 aromatic rings. The molecular weight excluding hydrogens is 519 g/mol. The summed E-state index contributed by atoms with van der Waals surface area (Å²) >= 11 is 0. The summed E-state index contributed by atoms with van der Waals surface area (Å²) in [6.45, 7) is 3.65. The van der Waals surface area contributed by atoms with E-state index in [1.807, 2.05) is 68.1 Å². The van der Waals surface area contributed by atoms with Crippen molar-refractivity contribution < 1.29 is 9.47 Å². The molecule has 0 bridgehead atoms. The minimum Gasteiger partial charge on any atom is -0.497 e. The molecule has 0 fully saturated rings. The lowest BCUT2D eigenvalue weighted by Gasteiger charge is -2.23. The van der Waals surface area contributed by atoms with E-state index in [4.69, 9.17) is 14.5 Å². The molecule has 0 unspecified atom stereocenters. The zero-order chi connectivity index (χ0) is 22.2. The fraction of sp³-hybridized carbons (Fsp3) is 0.348. The maximum Gasteiger partial charge on any atom is 0.194 e. The Morgan fingerprint density at radius 3 is 2.41 bits per heavy atom. The van der Waals surface area contributed by atoms with E-state index in [2.05, 4.69) is 26.5 Å². The van der Waals surface area contributed by atoms with Crippen molar-refractivity contribution in [1.82, 2.24) is 25.0 Å². The van der Waals surface area contributed by atoms with Crippen molar-refractivity contribution in [2.45, 2.75) is 26.6 Å². The quantitative estimate of drug-likeness (QED) is 0.263. The van der Waals surface area contributed by atoms with Crippen molar-refractivity contribution in [3.05, 3.63) is 71.3 Å². The average molecular weight is 550 g/mol. The molecule has 0 radical (unpaired) electrons. The van der Waals surface area contributed by atoms with Gasteiger partial charge in [0.15, 0.2) is 11.8 Å². The second-order valence-electron chi connectivity index (χ2n) is 7.23. The van der Waals surface area contributed by atoms with Gasteiger partial charge in [-0.1, -0.05) is 30.3 Å².